The van der Waals surface area contributed by atoms with Crippen LogP contribution in [-0.2, 0) is 9.59 Å². The molecule has 2 N–H and O–H groups in total. The molecule has 4 nitrogen and oxygen atoms in total. The molecule has 4 saturated carbocycles. The van der Waals surface area contributed by atoms with E-state index >= 15 is 0 Å². The van der Waals surface area contributed by atoms with Gasteiger partial charge >= 0.3 is 5.97 Å². The molecule has 0 heterocycles. The molecular weight excluding hydrogens is 424 g/mol. The van der Waals surface area contributed by atoms with Crippen LogP contribution in [0.3, 0.4) is 0 Å². The van der Waals surface area contributed by atoms with E-state index in [4.69, 9.17) is 2.74 Å². The Morgan fingerprint density at radius 1 is 1.00 bits per heavy atom. The molecule has 4 heteroatoms. The van der Waals surface area contributed by atoms with Crippen molar-refractivity contribution in [1.29, 1.82) is 0 Å². The van der Waals surface area contributed by atoms with Crippen molar-refractivity contribution in [1.82, 2.24) is 0 Å². The minimum absolute atomic E-state index is 0.0132. The second kappa shape index (κ2) is 6.99. The molecule has 0 amide bonds. The van der Waals surface area contributed by atoms with Gasteiger partial charge in [-0.1, -0.05) is 47.1 Å². The number of hydrogen-bond acceptors (Lipinski definition) is 3. The smallest absolute Gasteiger partial charge is 0.309 e. The fourth-order valence-electron chi connectivity index (χ4n) is 9.99. The van der Waals surface area contributed by atoms with Crippen molar-refractivity contribution in [3.63, 3.8) is 0 Å². The number of carboxylic acids is 1. The fraction of sp³-hybridized carbons (Fsp3) is 0.867. The standard InChI is InChI=1S/C30H46O4/c1-25(2)21-8-11-30(7)23(28(21,5)10-9-22(25)32)20(31)16-18-19-17-27(4,24(33)34)13-12-26(19,3)14-15-29(18,30)6/h16,19,21-23,32H,8-15,17H2,1-7H3,(H,33,34)/t19-,21-,22+,23+,26+,27-,28-,29+,30+/m0/s1/i9D2. The maximum Gasteiger partial charge on any atom is 0.309 e. The van der Waals surface area contributed by atoms with Crippen molar-refractivity contribution in [3.8, 4) is 0 Å². The van der Waals surface area contributed by atoms with Gasteiger partial charge in [-0.15, -0.1) is 0 Å². The van der Waals surface area contributed by atoms with Crippen LogP contribution in [0, 0.1) is 50.2 Å². The predicted octanol–water partition coefficient (Wildman–Crippen LogP) is 6.41. The first kappa shape index (κ1) is 22.1. The van der Waals surface area contributed by atoms with E-state index in [1.807, 2.05) is 26.8 Å². The van der Waals surface area contributed by atoms with Crippen molar-refractivity contribution in [2.75, 3.05) is 0 Å². The summed E-state index contributed by atoms with van der Waals surface area (Å²) >= 11 is 0. The van der Waals surface area contributed by atoms with Gasteiger partial charge < -0.3 is 10.2 Å². The Morgan fingerprint density at radius 2 is 1.65 bits per heavy atom. The van der Waals surface area contributed by atoms with E-state index in [1.54, 1.807) is 0 Å². The van der Waals surface area contributed by atoms with Crippen LogP contribution in [0.5, 0.6) is 0 Å². The van der Waals surface area contributed by atoms with Crippen LogP contribution in [0.1, 0.15) is 109 Å². The largest absolute Gasteiger partial charge is 0.481 e. The molecule has 0 aromatic rings. The van der Waals surface area contributed by atoms with Gasteiger partial charge in [0.25, 0.3) is 0 Å². The van der Waals surface area contributed by atoms with Gasteiger partial charge in [-0.05, 0) is 110 Å². The summed E-state index contributed by atoms with van der Waals surface area (Å²) in [6.45, 7) is 14.9. The number of allylic oxidation sites excluding steroid dienone is 2. The monoisotopic (exact) mass is 472 g/mol. The zero-order valence-corrected chi connectivity index (χ0v) is 22.3. The van der Waals surface area contributed by atoms with E-state index in [9.17, 15) is 19.8 Å². The zero-order valence-electron chi connectivity index (χ0n) is 24.3. The minimum atomic E-state index is -1.75. The lowest BCUT2D eigenvalue weighted by molar-refractivity contribution is -0.202. The highest BCUT2D eigenvalue weighted by atomic mass is 16.4. The lowest BCUT2D eigenvalue weighted by Crippen LogP contribution is -2.66. The Kier molecular flexibility index (Phi) is 4.53. The molecular formula is C30H46O4. The molecule has 190 valence electrons. The quantitative estimate of drug-likeness (QED) is 0.462. The molecule has 0 spiro atoms. The average molecular weight is 473 g/mol. The molecule has 34 heavy (non-hydrogen) atoms. The van der Waals surface area contributed by atoms with E-state index in [0.29, 0.717) is 12.8 Å². The van der Waals surface area contributed by atoms with E-state index in [1.165, 1.54) is 5.57 Å². The van der Waals surface area contributed by atoms with Crippen LogP contribution in [-0.4, -0.2) is 28.1 Å². The van der Waals surface area contributed by atoms with Crippen LogP contribution in [0.15, 0.2) is 11.6 Å². The highest BCUT2D eigenvalue weighted by Crippen LogP contribution is 2.75. The summed E-state index contributed by atoms with van der Waals surface area (Å²) in [7, 11) is 0. The summed E-state index contributed by atoms with van der Waals surface area (Å²) in [6, 6.07) is 0. The molecule has 0 aromatic carbocycles. The number of aliphatic hydroxyl groups excluding tert-OH is 1. The van der Waals surface area contributed by atoms with Gasteiger partial charge in [0.05, 0.1) is 11.5 Å². The summed E-state index contributed by atoms with van der Waals surface area (Å²) in [5.74, 6) is -0.801. The van der Waals surface area contributed by atoms with Crippen LogP contribution in [0.2, 0.25) is 0 Å². The number of aliphatic hydroxyl groups is 1. The number of carbonyl (C=O) groups excluding carboxylic acids is 1. The first-order valence-corrected chi connectivity index (χ1v) is 13.5. The van der Waals surface area contributed by atoms with Crippen molar-refractivity contribution < 1.29 is 22.5 Å². The van der Waals surface area contributed by atoms with E-state index in [0.717, 1.165) is 32.1 Å². The van der Waals surface area contributed by atoms with Crippen LogP contribution < -0.4 is 0 Å². The molecule has 0 aromatic heterocycles. The molecule has 5 aliphatic carbocycles. The number of aliphatic carboxylic acids is 1. The number of rotatable bonds is 1. The van der Waals surface area contributed by atoms with Gasteiger partial charge in [-0.2, -0.15) is 0 Å². The lowest BCUT2D eigenvalue weighted by atomic mass is 9.33. The molecule has 0 unspecified atom stereocenters. The van der Waals surface area contributed by atoms with Gasteiger partial charge in [0.2, 0.25) is 0 Å². The maximum absolute atomic E-state index is 14.3. The zero-order chi connectivity index (χ0) is 26.9. The molecule has 0 aliphatic heterocycles. The van der Waals surface area contributed by atoms with Crippen molar-refractivity contribution in [3.05, 3.63) is 11.6 Å². The summed E-state index contributed by atoms with van der Waals surface area (Å²) in [4.78, 5) is 26.5. The maximum atomic E-state index is 14.3. The Hall–Kier alpha value is -1.16. The Morgan fingerprint density at radius 3 is 2.29 bits per heavy atom. The fourth-order valence-corrected chi connectivity index (χ4v) is 9.99. The molecule has 4 fully saturated rings. The average Bonchev–Trinajstić information content (AvgIpc) is 2.74. The third-order valence-corrected chi connectivity index (χ3v) is 12.6. The number of fused-ring (bicyclic) bond motifs is 7. The first-order chi connectivity index (χ1) is 16.3. The SMILES string of the molecule is [2H]C1([2H])C[C@]2(C)[C@H]3C(=O)C=C4[C@@H]5C[C@@](C)(C(=O)O)CC[C@]5(C)CC[C@@]4(C)[C@]3(C)CC[C@H]2C(C)(C)[C@@H]1O. The number of carboxylic acid groups (broad SMARTS) is 1. The Bertz CT molecular complexity index is 1050. The summed E-state index contributed by atoms with van der Waals surface area (Å²) in [6.07, 6.45) is 5.17. The second-order valence-corrected chi connectivity index (χ2v) is 14.7. The van der Waals surface area contributed by atoms with Crippen LogP contribution in [0.25, 0.3) is 0 Å². The van der Waals surface area contributed by atoms with Gasteiger partial charge in [-0.25, -0.2) is 0 Å². The normalized spacial score (nSPS) is 56.5. The Labute approximate surface area is 208 Å². The number of hydrogen-bond donors (Lipinski definition) is 2. The van der Waals surface area contributed by atoms with Crippen molar-refractivity contribution >= 4 is 11.8 Å². The first-order valence-electron chi connectivity index (χ1n) is 14.5. The lowest BCUT2D eigenvalue weighted by Gasteiger charge is -2.70. The van der Waals surface area contributed by atoms with Crippen molar-refractivity contribution in [2.24, 2.45) is 50.2 Å². The van der Waals surface area contributed by atoms with E-state index in [2.05, 4.69) is 27.7 Å². The molecule has 5 rings (SSSR count). The van der Waals surface area contributed by atoms with Gasteiger partial charge in [0, 0.05) is 8.66 Å². The van der Waals surface area contributed by atoms with Gasteiger partial charge in [0.15, 0.2) is 5.78 Å². The van der Waals surface area contributed by atoms with E-state index < -0.39 is 34.7 Å². The second-order valence-electron chi connectivity index (χ2n) is 14.7. The summed E-state index contributed by atoms with van der Waals surface area (Å²) in [5.41, 5.74) is -1.32. The number of carbonyl (C=O) groups is 2. The molecule has 0 saturated heterocycles. The third kappa shape index (κ3) is 2.81. The van der Waals surface area contributed by atoms with Crippen LogP contribution in [0.4, 0.5) is 0 Å². The molecule has 0 radical (unpaired) electrons. The Balaban J connectivity index is 1.65. The predicted molar refractivity (Wildman–Crippen MR) is 133 cm³/mol. The molecule has 5 aliphatic rings. The molecule has 0 bridgehead atoms. The third-order valence-electron chi connectivity index (χ3n) is 12.6. The summed E-state index contributed by atoms with van der Waals surface area (Å²) in [5, 5.41) is 21.1. The van der Waals surface area contributed by atoms with Gasteiger partial charge in [0.1, 0.15) is 0 Å². The number of ketones is 1. The van der Waals surface area contributed by atoms with E-state index in [-0.39, 0.29) is 46.2 Å². The van der Waals surface area contributed by atoms with Crippen LogP contribution >= 0.6 is 0 Å². The highest BCUT2D eigenvalue weighted by molar-refractivity contribution is 5.95. The summed E-state index contributed by atoms with van der Waals surface area (Å²) < 4.78 is 17.5. The van der Waals surface area contributed by atoms with Gasteiger partial charge in [-0.3, -0.25) is 9.59 Å². The topological polar surface area (TPSA) is 74.6 Å². The highest BCUT2D eigenvalue weighted by Gasteiger charge is 2.70. The molecule has 9 atom stereocenters. The van der Waals surface area contributed by atoms with Crippen molar-refractivity contribution in [2.45, 2.75) is 112 Å². The minimum Gasteiger partial charge on any atom is -0.481 e.